The van der Waals surface area contributed by atoms with Crippen molar-refractivity contribution < 1.29 is 4.79 Å². The summed E-state index contributed by atoms with van der Waals surface area (Å²) in [6, 6.07) is 4.05. The molecule has 1 saturated heterocycles. The smallest absolute Gasteiger partial charge is 0.294 e. The number of pyridine rings is 1. The molecule has 4 rings (SSSR count). The standard InChI is InChI=1S/C28H38N6O/c1-7-33-16-18-34(19-17-33)28(4,5)23-10-8-21(31-26(35)22-9-11-24(29-6)30-22)25(32-23)20-12-14-27(2,3)15-13-20/h8,10-12H,7,9,13-19H2,1-5H3,(H,31,35). The minimum atomic E-state index is -0.262. The zero-order valence-corrected chi connectivity index (χ0v) is 21.8. The largest absolute Gasteiger partial charge is 0.361 e. The number of nitrogens with one attached hydrogen (secondary N) is 1. The number of aliphatic imine (C=N–C) groups is 1. The van der Waals surface area contributed by atoms with E-state index in [1.165, 1.54) is 5.57 Å². The van der Waals surface area contributed by atoms with E-state index in [9.17, 15) is 4.79 Å². The SMILES string of the molecule is [C-]#[N+]C1=CCC(C(=O)Nc2ccc(C(C)(C)N3CCN(CC)CC3)nc2C2=CCC(C)(C)CC2)=N1. The Balaban J connectivity index is 1.64. The molecule has 1 aromatic rings. The van der Waals surface area contributed by atoms with Crippen molar-refractivity contribution in [1.29, 1.82) is 0 Å². The van der Waals surface area contributed by atoms with Gasteiger partial charge in [-0.15, -0.1) is 4.99 Å². The molecule has 7 nitrogen and oxygen atoms in total. The average Bonchev–Trinajstić information content (AvgIpc) is 3.34. The molecule has 35 heavy (non-hydrogen) atoms. The van der Waals surface area contributed by atoms with Crippen LogP contribution in [0.25, 0.3) is 10.4 Å². The summed E-state index contributed by atoms with van der Waals surface area (Å²) >= 11 is 0. The molecule has 0 bridgehead atoms. The second kappa shape index (κ2) is 10.0. The maximum atomic E-state index is 13.0. The van der Waals surface area contributed by atoms with Gasteiger partial charge < -0.3 is 15.1 Å². The molecule has 3 heterocycles. The van der Waals surface area contributed by atoms with Crippen LogP contribution in [0.1, 0.15) is 71.7 Å². The highest BCUT2D eigenvalue weighted by Crippen LogP contribution is 2.40. The van der Waals surface area contributed by atoms with E-state index in [1.807, 2.05) is 6.07 Å². The van der Waals surface area contributed by atoms with E-state index >= 15 is 0 Å². The van der Waals surface area contributed by atoms with E-state index in [2.05, 4.69) is 71.7 Å². The molecule has 7 heteroatoms. The molecule has 1 N–H and O–H groups in total. The molecule has 0 saturated carbocycles. The summed E-state index contributed by atoms with van der Waals surface area (Å²) in [5.41, 5.74) is 4.24. The molecular formula is C28H38N6O. The van der Waals surface area contributed by atoms with Crippen molar-refractivity contribution in [1.82, 2.24) is 14.8 Å². The van der Waals surface area contributed by atoms with Crippen LogP contribution in [0, 0.1) is 12.0 Å². The lowest BCUT2D eigenvalue weighted by Gasteiger charge is -2.43. The number of nitrogens with zero attached hydrogens (tertiary/aromatic N) is 5. The molecule has 0 unspecified atom stereocenters. The zero-order chi connectivity index (χ0) is 25.2. The first-order valence-electron chi connectivity index (χ1n) is 12.8. The molecule has 3 aliphatic rings. The van der Waals surface area contributed by atoms with Gasteiger partial charge in [-0.3, -0.25) is 9.69 Å². The Labute approximate surface area is 209 Å². The predicted molar refractivity (Wildman–Crippen MR) is 142 cm³/mol. The number of carbonyl (C=O) groups is 1. The van der Waals surface area contributed by atoms with E-state index in [4.69, 9.17) is 11.6 Å². The molecule has 1 amide bonds. The van der Waals surface area contributed by atoms with Gasteiger partial charge in [-0.2, -0.15) is 0 Å². The third-order valence-corrected chi connectivity index (χ3v) is 7.76. The molecule has 1 fully saturated rings. The van der Waals surface area contributed by atoms with Gasteiger partial charge in [-0.05, 0) is 62.8 Å². The van der Waals surface area contributed by atoms with Crippen molar-refractivity contribution in [3.8, 4) is 0 Å². The van der Waals surface area contributed by atoms with Crippen molar-refractivity contribution >= 4 is 22.9 Å². The highest BCUT2D eigenvalue weighted by molar-refractivity contribution is 6.44. The lowest BCUT2D eigenvalue weighted by Crippen LogP contribution is -2.53. The predicted octanol–water partition coefficient (Wildman–Crippen LogP) is 5.09. The first-order chi connectivity index (χ1) is 16.6. The van der Waals surface area contributed by atoms with E-state index in [1.54, 1.807) is 6.08 Å². The topological polar surface area (TPSA) is 65.2 Å². The zero-order valence-electron chi connectivity index (χ0n) is 21.8. The molecule has 0 spiro atoms. The number of amides is 1. The summed E-state index contributed by atoms with van der Waals surface area (Å²) in [7, 11) is 0. The van der Waals surface area contributed by atoms with Crippen LogP contribution < -0.4 is 5.32 Å². The van der Waals surface area contributed by atoms with Gasteiger partial charge in [0.2, 0.25) is 0 Å². The Hall–Kier alpha value is -2.82. The number of rotatable bonds is 6. The summed E-state index contributed by atoms with van der Waals surface area (Å²) in [6.45, 7) is 23.7. The molecule has 1 aromatic heterocycles. The second-order valence-corrected chi connectivity index (χ2v) is 11.1. The Bertz CT molecular complexity index is 1110. The third-order valence-electron chi connectivity index (χ3n) is 7.76. The van der Waals surface area contributed by atoms with E-state index in [0.717, 1.165) is 69.1 Å². The molecule has 1 aliphatic carbocycles. The maximum Gasteiger partial charge on any atom is 0.294 e. The van der Waals surface area contributed by atoms with Gasteiger partial charge in [0.05, 0.1) is 22.6 Å². The Morgan fingerprint density at radius 1 is 1.20 bits per heavy atom. The van der Waals surface area contributed by atoms with Gasteiger partial charge in [-0.25, -0.2) is 4.98 Å². The first-order valence-corrected chi connectivity index (χ1v) is 12.8. The summed E-state index contributed by atoms with van der Waals surface area (Å²) in [5, 5.41) is 3.06. The van der Waals surface area contributed by atoms with Crippen LogP contribution >= 0.6 is 0 Å². The third kappa shape index (κ3) is 5.55. The Morgan fingerprint density at radius 2 is 1.94 bits per heavy atom. The fourth-order valence-corrected chi connectivity index (χ4v) is 5.05. The van der Waals surface area contributed by atoms with Gasteiger partial charge in [0.25, 0.3) is 11.7 Å². The molecule has 186 valence electrons. The fourth-order valence-electron chi connectivity index (χ4n) is 5.05. The highest BCUT2D eigenvalue weighted by atomic mass is 16.1. The molecular weight excluding hydrogens is 436 g/mol. The van der Waals surface area contributed by atoms with Crippen LogP contribution in [-0.4, -0.2) is 59.1 Å². The van der Waals surface area contributed by atoms with Crippen molar-refractivity contribution in [2.75, 3.05) is 38.0 Å². The summed E-state index contributed by atoms with van der Waals surface area (Å²) in [4.78, 5) is 30.7. The van der Waals surface area contributed by atoms with Crippen molar-refractivity contribution in [3.05, 3.63) is 52.9 Å². The Kier molecular flexibility index (Phi) is 7.25. The summed E-state index contributed by atoms with van der Waals surface area (Å²) < 4.78 is 0. The molecule has 0 aromatic carbocycles. The number of anilines is 1. The molecule has 2 aliphatic heterocycles. The molecule has 0 atom stereocenters. The van der Waals surface area contributed by atoms with Crippen molar-refractivity contribution in [2.45, 2.75) is 65.8 Å². The summed E-state index contributed by atoms with van der Waals surface area (Å²) in [6.07, 6.45) is 7.39. The van der Waals surface area contributed by atoms with E-state index < -0.39 is 0 Å². The van der Waals surface area contributed by atoms with Gasteiger partial charge in [0.15, 0.2) is 5.71 Å². The number of hydrogen-bond acceptors (Lipinski definition) is 5. The van der Waals surface area contributed by atoms with Crippen molar-refractivity contribution in [2.24, 2.45) is 10.4 Å². The minimum absolute atomic E-state index is 0.213. The van der Waals surface area contributed by atoms with Gasteiger partial charge in [-0.1, -0.05) is 39.5 Å². The Morgan fingerprint density at radius 3 is 2.54 bits per heavy atom. The number of aromatic nitrogens is 1. The monoisotopic (exact) mass is 474 g/mol. The van der Waals surface area contributed by atoms with Crippen LogP contribution in [0.3, 0.4) is 0 Å². The first kappa shape index (κ1) is 25.3. The lowest BCUT2D eigenvalue weighted by molar-refractivity contribution is -0.110. The van der Waals surface area contributed by atoms with Crippen LogP contribution in [0.2, 0.25) is 0 Å². The number of carbonyl (C=O) groups excluding carboxylic acids is 1. The lowest BCUT2D eigenvalue weighted by atomic mass is 9.77. The number of likely N-dealkylation sites (N-methyl/N-ethyl adjacent to an activating group) is 1. The van der Waals surface area contributed by atoms with Crippen LogP contribution in [-0.2, 0) is 10.3 Å². The van der Waals surface area contributed by atoms with Crippen LogP contribution in [0.4, 0.5) is 5.69 Å². The van der Waals surface area contributed by atoms with Gasteiger partial charge >= 0.3 is 0 Å². The van der Waals surface area contributed by atoms with Crippen molar-refractivity contribution in [3.63, 3.8) is 0 Å². The number of allylic oxidation sites excluding steroid dienone is 3. The maximum absolute atomic E-state index is 13.0. The van der Waals surface area contributed by atoms with Gasteiger partial charge in [0, 0.05) is 32.6 Å². The van der Waals surface area contributed by atoms with Crippen LogP contribution in [0.5, 0.6) is 0 Å². The normalized spacial score (nSPS) is 21.1. The fraction of sp³-hybridized carbons (Fsp3) is 0.571. The van der Waals surface area contributed by atoms with E-state index in [-0.39, 0.29) is 22.7 Å². The quantitative estimate of drug-likeness (QED) is 0.583. The summed E-state index contributed by atoms with van der Waals surface area (Å²) in [5.74, 6) is 0.0216. The number of hydrogen-bond donors (Lipinski definition) is 1. The highest BCUT2D eigenvalue weighted by Gasteiger charge is 2.34. The minimum Gasteiger partial charge on any atom is -0.361 e. The second-order valence-electron chi connectivity index (χ2n) is 11.1. The van der Waals surface area contributed by atoms with Gasteiger partial charge in [0.1, 0.15) is 0 Å². The molecule has 0 radical (unpaired) electrons. The van der Waals surface area contributed by atoms with Crippen LogP contribution in [0.15, 0.2) is 35.1 Å². The average molecular weight is 475 g/mol. The number of piperazine rings is 1. The van der Waals surface area contributed by atoms with E-state index in [0.29, 0.717) is 12.1 Å².